The van der Waals surface area contributed by atoms with Crippen LogP contribution in [0, 0.1) is 5.92 Å². The normalized spacial score (nSPS) is 16.7. The Bertz CT molecular complexity index is 394. The summed E-state index contributed by atoms with van der Waals surface area (Å²) in [6, 6.07) is 9.03. The minimum atomic E-state index is -0.0610. The van der Waals surface area contributed by atoms with Crippen molar-refractivity contribution in [2.24, 2.45) is 5.92 Å². The van der Waals surface area contributed by atoms with Gasteiger partial charge in [-0.2, -0.15) is 0 Å². The van der Waals surface area contributed by atoms with Crippen molar-refractivity contribution in [3.63, 3.8) is 0 Å². The molecule has 1 N–H and O–H groups in total. The van der Waals surface area contributed by atoms with Gasteiger partial charge in [0.05, 0.1) is 6.42 Å². The minimum Gasteiger partial charge on any atom is -0.317 e. The molecule has 0 atom stereocenters. The Morgan fingerprint density at radius 3 is 2.41 bits per heavy atom. The molecule has 1 heterocycles. The molecular formula is C14H17NO2. The lowest BCUT2D eigenvalue weighted by atomic mass is 9.90. The van der Waals surface area contributed by atoms with E-state index in [1.807, 2.05) is 18.2 Å². The maximum atomic E-state index is 11.9. The molecule has 90 valence electrons. The van der Waals surface area contributed by atoms with Crippen molar-refractivity contribution < 1.29 is 9.59 Å². The van der Waals surface area contributed by atoms with Crippen LogP contribution in [0.4, 0.5) is 0 Å². The molecule has 17 heavy (non-hydrogen) atoms. The van der Waals surface area contributed by atoms with Crippen LogP contribution < -0.4 is 5.32 Å². The molecule has 0 bridgehead atoms. The Hall–Kier alpha value is -1.48. The fourth-order valence-corrected chi connectivity index (χ4v) is 2.17. The molecule has 1 fully saturated rings. The lowest BCUT2D eigenvalue weighted by Gasteiger charge is -2.20. The fourth-order valence-electron chi connectivity index (χ4n) is 2.17. The Morgan fingerprint density at radius 2 is 1.76 bits per heavy atom. The van der Waals surface area contributed by atoms with Gasteiger partial charge >= 0.3 is 0 Å². The van der Waals surface area contributed by atoms with Gasteiger partial charge in [0.1, 0.15) is 5.78 Å². The molecular weight excluding hydrogens is 214 g/mol. The molecule has 1 aliphatic heterocycles. The highest BCUT2D eigenvalue weighted by molar-refractivity contribution is 6.08. The number of Topliss-reactive ketones (excluding diaryl/α,β-unsaturated/α-hetero) is 2. The number of hydrogen-bond acceptors (Lipinski definition) is 3. The van der Waals surface area contributed by atoms with Crippen molar-refractivity contribution in [2.45, 2.75) is 19.3 Å². The van der Waals surface area contributed by atoms with E-state index in [1.165, 1.54) is 0 Å². The predicted molar refractivity (Wildman–Crippen MR) is 66.0 cm³/mol. The Morgan fingerprint density at radius 1 is 1.12 bits per heavy atom. The fraction of sp³-hybridized carbons (Fsp3) is 0.429. The standard InChI is InChI=1S/C14H17NO2/c16-13(11-4-2-1-3-5-11)10-14(17)12-6-8-15-9-7-12/h1-5,12,15H,6-10H2. The number of rotatable bonds is 4. The first-order valence-electron chi connectivity index (χ1n) is 6.09. The first-order valence-corrected chi connectivity index (χ1v) is 6.09. The third-order valence-electron chi connectivity index (χ3n) is 3.23. The summed E-state index contributed by atoms with van der Waals surface area (Å²) >= 11 is 0. The number of carbonyl (C=O) groups is 2. The van der Waals surface area contributed by atoms with Crippen LogP contribution in [0.2, 0.25) is 0 Å². The average Bonchev–Trinajstić information content (AvgIpc) is 2.40. The van der Waals surface area contributed by atoms with E-state index in [4.69, 9.17) is 0 Å². The first kappa shape index (κ1) is 12.0. The zero-order valence-electron chi connectivity index (χ0n) is 9.82. The zero-order valence-corrected chi connectivity index (χ0v) is 9.82. The molecule has 0 aromatic heterocycles. The van der Waals surface area contributed by atoms with Crippen LogP contribution >= 0.6 is 0 Å². The summed E-state index contributed by atoms with van der Waals surface area (Å²) in [5, 5.41) is 3.22. The summed E-state index contributed by atoms with van der Waals surface area (Å²) in [6.45, 7) is 1.77. The second-order valence-corrected chi connectivity index (χ2v) is 4.46. The topological polar surface area (TPSA) is 46.2 Å². The molecule has 0 aliphatic carbocycles. The van der Waals surface area contributed by atoms with E-state index in [0.717, 1.165) is 25.9 Å². The summed E-state index contributed by atoms with van der Waals surface area (Å²) in [4.78, 5) is 23.8. The maximum Gasteiger partial charge on any atom is 0.170 e. The molecule has 0 radical (unpaired) electrons. The molecule has 0 spiro atoms. The van der Waals surface area contributed by atoms with E-state index in [0.29, 0.717) is 5.56 Å². The van der Waals surface area contributed by atoms with Crippen LogP contribution in [0.25, 0.3) is 0 Å². The van der Waals surface area contributed by atoms with Gasteiger partial charge in [-0.15, -0.1) is 0 Å². The van der Waals surface area contributed by atoms with Crippen LogP contribution in [-0.2, 0) is 4.79 Å². The number of hydrogen-bond donors (Lipinski definition) is 1. The molecule has 1 saturated heterocycles. The molecule has 3 heteroatoms. The van der Waals surface area contributed by atoms with E-state index in [2.05, 4.69) is 5.32 Å². The second kappa shape index (κ2) is 5.73. The van der Waals surface area contributed by atoms with Gasteiger partial charge in [0.15, 0.2) is 5.78 Å². The molecule has 1 aromatic carbocycles. The molecule has 2 rings (SSSR count). The average molecular weight is 231 g/mol. The van der Waals surface area contributed by atoms with E-state index >= 15 is 0 Å². The van der Waals surface area contributed by atoms with Crippen LogP contribution in [-0.4, -0.2) is 24.7 Å². The van der Waals surface area contributed by atoms with Crippen LogP contribution in [0.1, 0.15) is 29.6 Å². The predicted octanol–water partition coefficient (Wildman–Crippen LogP) is 1.83. The second-order valence-electron chi connectivity index (χ2n) is 4.46. The summed E-state index contributed by atoms with van der Waals surface area (Å²) < 4.78 is 0. The Kier molecular flexibility index (Phi) is 4.04. The molecule has 0 amide bonds. The summed E-state index contributed by atoms with van der Waals surface area (Å²) in [5.41, 5.74) is 0.634. The number of nitrogens with one attached hydrogen (secondary N) is 1. The molecule has 3 nitrogen and oxygen atoms in total. The van der Waals surface area contributed by atoms with Crippen LogP contribution in [0.15, 0.2) is 30.3 Å². The van der Waals surface area contributed by atoms with E-state index in [1.54, 1.807) is 12.1 Å². The highest BCUT2D eigenvalue weighted by Crippen LogP contribution is 2.16. The van der Waals surface area contributed by atoms with Crippen molar-refractivity contribution in [3.8, 4) is 0 Å². The quantitative estimate of drug-likeness (QED) is 0.635. The SMILES string of the molecule is O=C(CC(=O)C1CCNCC1)c1ccccc1. The third kappa shape index (κ3) is 3.24. The van der Waals surface area contributed by atoms with Gasteiger partial charge in [-0.3, -0.25) is 9.59 Å². The van der Waals surface area contributed by atoms with Crippen molar-refractivity contribution in [2.75, 3.05) is 13.1 Å². The lowest BCUT2D eigenvalue weighted by molar-refractivity contribution is -0.122. The van der Waals surface area contributed by atoms with Gasteiger partial charge in [-0.25, -0.2) is 0 Å². The Labute approximate surface area is 101 Å². The third-order valence-corrected chi connectivity index (χ3v) is 3.23. The largest absolute Gasteiger partial charge is 0.317 e. The van der Waals surface area contributed by atoms with Gasteiger partial charge in [0.2, 0.25) is 0 Å². The summed E-state index contributed by atoms with van der Waals surface area (Å²) in [6.07, 6.45) is 1.77. The maximum absolute atomic E-state index is 11.9. The lowest BCUT2D eigenvalue weighted by Crippen LogP contribution is -2.32. The van der Waals surface area contributed by atoms with Crippen molar-refractivity contribution >= 4 is 11.6 Å². The van der Waals surface area contributed by atoms with Crippen molar-refractivity contribution in [1.29, 1.82) is 0 Å². The van der Waals surface area contributed by atoms with Gasteiger partial charge in [0.25, 0.3) is 0 Å². The monoisotopic (exact) mass is 231 g/mol. The van der Waals surface area contributed by atoms with Gasteiger partial charge < -0.3 is 5.32 Å². The molecule has 0 saturated carbocycles. The number of benzene rings is 1. The molecule has 0 unspecified atom stereocenters. The number of carbonyl (C=O) groups excluding carboxylic acids is 2. The van der Waals surface area contributed by atoms with E-state index in [9.17, 15) is 9.59 Å². The zero-order chi connectivity index (χ0) is 12.1. The molecule has 1 aromatic rings. The Balaban J connectivity index is 1.92. The summed E-state index contributed by atoms with van der Waals surface area (Å²) in [5.74, 6) is 0.110. The molecule has 1 aliphatic rings. The van der Waals surface area contributed by atoms with Gasteiger partial charge in [-0.1, -0.05) is 30.3 Å². The van der Waals surface area contributed by atoms with E-state index < -0.39 is 0 Å². The van der Waals surface area contributed by atoms with Crippen molar-refractivity contribution in [3.05, 3.63) is 35.9 Å². The van der Waals surface area contributed by atoms with Crippen LogP contribution in [0.5, 0.6) is 0 Å². The van der Waals surface area contributed by atoms with E-state index in [-0.39, 0.29) is 23.9 Å². The number of ketones is 2. The van der Waals surface area contributed by atoms with Crippen molar-refractivity contribution in [1.82, 2.24) is 5.32 Å². The van der Waals surface area contributed by atoms with Gasteiger partial charge in [0, 0.05) is 11.5 Å². The summed E-state index contributed by atoms with van der Waals surface area (Å²) in [7, 11) is 0. The van der Waals surface area contributed by atoms with Crippen LogP contribution in [0.3, 0.4) is 0 Å². The number of piperidine rings is 1. The first-order chi connectivity index (χ1) is 8.27. The highest BCUT2D eigenvalue weighted by Gasteiger charge is 2.23. The smallest absolute Gasteiger partial charge is 0.170 e. The minimum absolute atomic E-state index is 0.0503. The highest BCUT2D eigenvalue weighted by atomic mass is 16.1. The van der Waals surface area contributed by atoms with Gasteiger partial charge in [-0.05, 0) is 25.9 Å².